The van der Waals surface area contributed by atoms with Crippen molar-refractivity contribution in [2.75, 3.05) is 0 Å². The molecule has 2 rings (SSSR count). The van der Waals surface area contributed by atoms with Crippen LogP contribution in [-0.4, -0.2) is 15.5 Å². The van der Waals surface area contributed by atoms with Gasteiger partial charge in [-0.05, 0) is 12.5 Å². The summed E-state index contributed by atoms with van der Waals surface area (Å²) in [6, 6.07) is 1.90. The van der Waals surface area contributed by atoms with Crippen molar-refractivity contribution in [1.29, 1.82) is 0 Å². The first-order valence-corrected chi connectivity index (χ1v) is 6.69. The van der Waals surface area contributed by atoms with Crippen molar-refractivity contribution in [1.82, 2.24) is 9.55 Å². The normalized spacial score (nSPS) is 10.9. The van der Waals surface area contributed by atoms with Crippen LogP contribution in [0.15, 0.2) is 17.2 Å². The Morgan fingerprint density at radius 1 is 1.56 bits per heavy atom. The molecule has 0 saturated carbocycles. The summed E-state index contributed by atoms with van der Waals surface area (Å²) < 4.78 is 1.44. The van der Waals surface area contributed by atoms with Crippen molar-refractivity contribution in [2.45, 2.75) is 32.7 Å². The lowest BCUT2D eigenvalue weighted by Crippen LogP contribution is -2.23. The molecule has 0 aliphatic carbocycles. The number of amides is 1. The summed E-state index contributed by atoms with van der Waals surface area (Å²) in [4.78, 5) is 29.0. The lowest BCUT2D eigenvalue weighted by molar-refractivity contribution is -0.118. The maximum atomic E-state index is 12.1. The molecule has 0 spiro atoms. The average molecular weight is 265 g/mol. The number of carbonyl (C=O) groups excluding carboxylic acids is 1. The smallest absolute Gasteiger partial charge is 0.262 e. The summed E-state index contributed by atoms with van der Waals surface area (Å²) in [6.07, 6.45) is 3.64. The molecule has 0 aromatic carbocycles. The highest BCUT2D eigenvalue weighted by Crippen LogP contribution is 2.21. The Labute approximate surface area is 108 Å². The van der Waals surface area contributed by atoms with Crippen LogP contribution in [0, 0.1) is 0 Å². The van der Waals surface area contributed by atoms with Crippen LogP contribution in [0.2, 0.25) is 0 Å². The van der Waals surface area contributed by atoms with Crippen molar-refractivity contribution in [3.63, 3.8) is 0 Å². The molecular weight excluding hydrogens is 250 g/mol. The van der Waals surface area contributed by atoms with Gasteiger partial charge in [-0.3, -0.25) is 14.2 Å². The van der Waals surface area contributed by atoms with Crippen LogP contribution in [0.4, 0.5) is 0 Å². The minimum absolute atomic E-state index is 0.0974. The molecule has 0 bridgehead atoms. The molecule has 0 aliphatic heterocycles. The quantitative estimate of drug-likeness (QED) is 0.884. The van der Waals surface area contributed by atoms with Crippen LogP contribution < -0.4 is 11.3 Å². The van der Waals surface area contributed by atoms with Gasteiger partial charge in [-0.2, -0.15) is 0 Å². The van der Waals surface area contributed by atoms with Crippen LogP contribution in [-0.2, 0) is 17.8 Å². The third-order valence-electron chi connectivity index (χ3n) is 2.66. The van der Waals surface area contributed by atoms with Gasteiger partial charge in [0.25, 0.3) is 5.56 Å². The van der Waals surface area contributed by atoms with E-state index in [0.29, 0.717) is 5.39 Å². The molecule has 0 fully saturated rings. The third-order valence-corrected chi connectivity index (χ3v) is 3.77. The van der Waals surface area contributed by atoms with Gasteiger partial charge in [0.15, 0.2) is 0 Å². The van der Waals surface area contributed by atoms with Gasteiger partial charge >= 0.3 is 0 Å². The molecule has 2 heterocycles. The van der Waals surface area contributed by atoms with Crippen molar-refractivity contribution in [2.24, 2.45) is 5.73 Å². The fourth-order valence-corrected chi connectivity index (χ4v) is 2.86. The highest BCUT2D eigenvalue weighted by atomic mass is 32.1. The van der Waals surface area contributed by atoms with Gasteiger partial charge in [-0.1, -0.05) is 13.3 Å². The Morgan fingerprint density at radius 2 is 2.33 bits per heavy atom. The first kappa shape index (κ1) is 12.8. The van der Waals surface area contributed by atoms with Crippen LogP contribution in [0.5, 0.6) is 0 Å². The maximum absolute atomic E-state index is 12.1. The molecule has 2 N–H and O–H groups in total. The van der Waals surface area contributed by atoms with E-state index in [1.165, 1.54) is 15.8 Å². The van der Waals surface area contributed by atoms with Crippen molar-refractivity contribution in [3.05, 3.63) is 27.6 Å². The molecule has 0 saturated heterocycles. The van der Waals surface area contributed by atoms with Crippen LogP contribution in [0.1, 0.15) is 24.6 Å². The molecule has 6 heteroatoms. The molecular formula is C12H15N3O2S. The molecule has 0 atom stereocenters. The van der Waals surface area contributed by atoms with Gasteiger partial charge in [-0.25, -0.2) is 4.98 Å². The van der Waals surface area contributed by atoms with E-state index in [2.05, 4.69) is 11.9 Å². The Balaban J connectivity index is 2.37. The summed E-state index contributed by atoms with van der Waals surface area (Å²) in [5, 5.41) is 0.635. The van der Waals surface area contributed by atoms with Crippen molar-refractivity contribution in [3.8, 4) is 0 Å². The van der Waals surface area contributed by atoms with E-state index in [1.807, 2.05) is 6.07 Å². The van der Waals surface area contributed by atoms with E-state index in [1.54, 1.807) is 11.3 Å². The maximum Gasteiger partial charge on any atom is 0.262 e. The topological polar surface area (TPSA) is 78.0 Å². The molecule has 0 aliphatic rings. The second-order valence-corrected chi connectivity index (χ2v) is 5.26. The number of fused-ring (bicyclic) bond motifs is 1. The van der Waals surface area contributed by atoms with E-state index in [9.17, 15) is 9.59 Å². The second kappa shape index (κ2) is 5.30. The number of nitrogens with zero attached hydrogens (tertiary/aromatic N) is 2. The molecule has 18 heavy (non-hydrogen) atoms. The number of primary amides is 1. The number of hydrogen-bond donors (Lipinski definition) is 1. The molecule has 96 valence electrons. The first-order valence-electron chi connectivity index (χ1n) is 5.88. The lowest BCUT2D eigenvalue weighted by atomic mass is 10.2. The molecule has 0 radical (unpaired) electrons. The van der Waals surface area contributed by atoms with Gasteiger partial charge < -0.3 is 5.73 Å². The van der Waals surface area contributed by atoms with Crippen molar-refractivity contribution < 1.29 is 4.79 Å². The number of carbonyl (C=O) groups is 1. The number of nitrogens with two attached hydrogens (primary N) is 1. The zero-order valence-electron chi connectivity index (χ0n) is 10.2. The summed E-state index contributed by atoms with van der Waals surface area (Å²) >= 11 is 1.55. The second-order valence-electron chi connectivity index (χ2n) is 4.14. The molecule has 1 amide bonds. The zero-order chi connectivity index (χ0) is 13.1. The Morgan fingerprint density at radius 3 is 3.00 bits per heavy atom. The minimum Gasteiger partial charge on any atom is -0.370 e. The number of hydrogen-bond acceptors (Lipinski definition) is 4. The van der Waals surface area contributed by atoms with E-state index in [0.717, 1.165) is 17.7 Å². The van der Waals surface area contributed by atoms with Gasteiger partial charge in [0.05, 0.1) is 11.7 Å². The largest absolute Gasteiger partial charge is 0.370 e. The first-order chi connectivity index (χ1) is 8.61. The fourth-order valence-electron chi connectivity index (χ4n) is 1.77. The Kier molecular flexibility index (Phi) is 3.76. The minimum atomic E-state index is -0.418. The fraction of sp³-hybridized carbons (Fsp3) is 0.417. The van der Waals surface area contributed by atoms with Gasteiger partial charge in [-0.15, -0.1) is 11.3 Å². The number of thiophene rings is 1. The SMILES string of the molecule is CCCc1cc2c(=O)n(CCC(N)=O)cnc2s1. The molecule has 0 unspecified atom stereocenters. The lowest BCUT2D eigenvalue weighted by Gasteiger charge is -2.02. The summed E-state index contributed by atoms with van der Waals surface area (Å²) in [5.41, 5.74) is 4.98. The predicted molar refractivity (Wildman–Crippen MR) is 71.7 cm³/mol. The Bertz CT molecular complexity index is 630. The summed E-state index contributed by atoms with van der Waals surface area (Å²) in [5.74, 6) is -0.418. The van der Waals surface area contributed by atoms with Gasteiger partial charge in [0.1, 0.15) is 4.83 Å². The predicted octanol–water partition coefficient (Wildman–Crippen LogP) is 1.29. The molecule has 5 nitrogen and oxygen atoms in total. The Hall–Kier alpha value is -1.69. The van der Waals surface area contributed by atoms with E-state index in [-0.39, 0.29) is 18.5 Å². The van der Waals surface area contributed by atoms with E-state index < -0.39 is 5.91 Å². The number of rotatable bonds is 5. The van der Waals surface area contributed by atoms with Gasteiger partial charge in [0.2, 0.25) is 5.91 Å². The van der Waals surface area contributed by atoms with Crippen LogP contribution >= 0.6 is 11.3 Å². The third kappa shape index (κ3) is 2.59. The van der Waals surface area contributed by atoms with Crippen molar-refractivity contribution >= 4 is 27.5 Å². The highest BCUT2D eigenvalue weighted by molar-refractivity contribution is 7.18. The highest BCUT2D eigenvalue weighted by Gasteiger charge is 2.09. The summed E-state index contributed by atoms with van der Waals surface area (Å²) in [6.45, 7) is 2.39. The number of aryl methyl sites for hydroxylation is 2. The van der Waals surface area contributed by atoms with E-state index in [4.69, 9.17) is 5.73 Å². The van der Waals surface area contributed by atoms with Crippen LogP contribution in [0.3, 0.4) is 0 Å². The van der Waals surface area contributed by atoms with Crippen LogP contribution in [0.25, 0.3) is 10.2 Å². The standard InChI is InChI=1S/C12H15N3O2S/c1-2-3-8-6-9-11(18-8)14-7-15(12(9)17)5-4-10(13)16/h6-7H,2-5H2,1H3,(H2,13,16). The monoisotopic (exact) mass is 265 g/mol. The van der Waals surface area contributed by atoms with E-state index >= 15 is 0 Å². The summed E-state index contributed by atoms with van der Waals surface area (Å²) in [7, 11) is 0. The molecule has 2 aromatic heterocycles. The van der Waals surface area contributed by atoms with Gasteiger partial charge in [0, 0.05) is 17.8 Å². The molecule has 2 aromatic rings. The number of aromatic nitrogens is 2. The average Bonchev–Trinajstić information content (AvgIpc) is 2.72. The zero-order valence-corrected chi connectivity index (χ0v) is 11.0.